The lowest BCUT2D eigenvalue weighted by atomic mass is 9.84. The van der Waals surface area contributed by atoms with E-state index in [1.54, 1.807) is 0 Å². The molecule has 0 radical (unpaired) electrons. The summed E-state index contributed by atoms with van der Waals surface area (Å²) in [5.41, 5.74) is -0.193. The molecule has 5 heteroatoms. The zero-order valence-electron chi connectivity index (χ0n) is 11.4. The molecule has 2 aliphatic carbocycles. The zero-order valence-corrected chi connectivity index (χ0v) is 12.2. The average molecular weight is 274 g/mol. The Kier molecular flexibility index (Phi) is 4.67. The van der Waals surface area contributed by atoms with Crippen LogP contribution in [-0.4, -0.2) is 32.3 Å². The average Bonchev–Trinajstić information content (AvgIpc) is 3.08. The molecule has 0 aliphatic heterocycles. The van der Waals surface area contributed by atoms with Crippen molar-refractivity contribution < 1.29 is 8.42 Å². The minimum absolute atomic E-state index is 0.193. The van der Waals surface area contributed by atoms with E-state index in [0.717, 1.165) is 32.2 Å². The molecule has 0 spiro atoms. The largest absolute Gasteiger partial charge is 0.314 e. The number of sulfonamides is 1. The molecule has 2 aliphatic rings. The van der Waals surface area contributed by atoms with Gasteiger partial charge in [0.05, 0.1) is 5.75 Å². The van der Waals surface area contributed by atoms with Crippen LogP contribution in [0.15, 0.2) is 0 Å². The molecule has 0 saturated heterocycles. The topological polar surface area (TPSA) is 58.2 Å². The highest BCUT2D eigenvalue weighted by Gasteiger charge is 2.31. The molecule has 4 nitrogen and oxygen atoms in total. The van der Waals surface area contributed by atoms with Gasteiger partial charge in [-0.05, 0) is 45.6 Å². The van der Waals surface area contributed by atoms with E-state index in [4.69, 9.17) is 0 Å². The Hall–Kier alpha value is -0.130. The van der Waals surface area contributed by atoms with Gasteiger partial charge in [0.2, 0.25) is 10.0 Å². The van der Waals surface area contributed by atoms with E-state index in [9.17, 15) is 8.42 Å². The van der Waals surface area contributed by atoms with Gasteiger partial charge in [-0.15, -0.1) is 0 Å². The van der Waals surface area contributed by atoms with Gasteiger partial charge in [-0.1, -0.05) is 19.3 Å². The molecule has 18 heavy (non-hydrogen) atoms. The summed E-state index contributed by atoms with van der Waals surface area (Å²) in [7, 11) is -3.11. The van der Waals surface area contributed by atoms with Crippen LogP contribution >= 0.6 is 0 Å². The summed E-state index contributed by atoms with van der Waals surface area (Å²) in [6, 6.07) is 0.663. The maximum Gasteiger partial charge on any atom is 0.212 e. The summed E-state index contributed by atoms with van der Waals surface area (Å²) in [6.45, 7) is 2.87. The minimum atomic E-state index is -3.11. The van der Waals surface area contributed by atoms with Crippen molar-refractivity contribution in [1.82, 2.24) is 10.0 Å². The summed E-state index contributed by atoms with van der Waals surface area (Å²) in [5, 5.41) is 3.35. The van der Waals surface area contributed by atoms with Crippen molar-refractivity contribution in [3.05, 3.63) is 0 Å². The standard InChI is InChI=1S/C13H26N2O2S/c1-13(8-3-2-4-9-13)15-18(16,17)11-5-10-14-12-6-7-12/h12,14-15H,2-11H2,1H3. The molecule has 0 bridgehead atoms. The fourth-order valence-corrected chi connectivity index (χ4v) is 4.30. The molecular weight excluding hydrogens is 248 g/mol. The second-order valence-corrected chi connectivity index (χ2v) is 7.97. The first kappa shape index (κ1) is 14.3. The van der Waals surface area contributed by atoms with Crippen LogP contribution in [0, 0.1) is 0 Å². The Labute approximate surface area is 111 Å². The fraction of sp³-hybridized carbons (Fsp3) is 1.00. The summed E-state index contributed by atoms with van der Waals surface area (Å²) in [4.78, 5) is 0. The van der Waals surface area contributed by atoms with Crippen molar-refractivity contribution >= 4 is 10.0 Å². The van der Waals surface area contributed by atoms with Crippen molar-refractivity contribution in [2.24, 2.45) is 0 Å². The van der Waals surface area contributed by atoms with Crippen LogP contribution in [0.5, 0.6) is 0 Å². The molecular formula is C13H26N2O2S. The molecule has 0 atom stereocenters. The van der Waals surface area contributed by atoms with E-state index < -0.39 is 10.0 Å². The normalized spacial score (nSPS) is 24.1. The van der Waals surface area contributed by atoms with Crippen LogP contribution in [-0.2, 0) is 10.0 Å². The minimum Gasteiger partial charge on any atom is -0.314 e. The van der Waals surface area contributed by atoms with Crippen LogP contribution in [0.25, 0.3) is 0 Å². The van der Waals surface area contributed by atoms with E-state index in [2.05, 4.69) is 10.0 Å². The van der Waals surface area contributed by atoms with Gasteiger partial charge in [-0.3, -0.25) is 0 Å². The molecule has 0 aromatic rings. The monoisotopic (exact) mass is 274 g/mol. The number of rotatable bonds is 7. The van der Waals surface area contributed by atoms with E-state index in [1.807, 2.05) is 6.92 Å². The van der Waals surface area contributed by atoms with Crippen molar-refractivity contribution in [3.63, 3.8) is 0 Å². The van der Waals surface area contributed by atoms with Gasteiger partial charge in [0.15, 0.2) is 0 Å². The molecule has 2 N–H and O–H groups in total. The molecule has 0 amide bonds. The number of nitrogens with one attached hydrogen (secondary N) is 2. The lowest BCUT2D eigenvalue weighted by molar-refractivity contribution is 0.294. The van der Waals surface area contributed by atoms with Gasteiger partial charge >= 0.3 is 0 Å². The maximum atomic E-state index is 12.0. The SMILES string of the molecule is CC1(NS(=O)(=O)CCCNC2CC2)CCCCC1. The third-order valence-corrected chi connectivity index (χ3v) is 5.59. The van der Waals surface area contributed by atoms with Gasteiger partial charge in [0.1, 0.15) is 0 Å². The molecule has 2 rings (SSSR count). The molecule has 0 aromatic heterocycles. The van der Waals surface area contributed by atoms with Gasteiger partial charge in [-0.25, -0.2) is 13.1 Å². The van der Waals surface area contributed by atoms with Crippen LogP contribution < -0.4 is 10.0 Å². The summed E-state index contributed by atoms with van der Waals surface area (Å²) in [5.74, 6) is 0.252. The Bertz CT molecular complexity index is 357. The number of hydrogen-bond acceptors (Lipinski definition) is 3. The van der Waals surface area contributed by atoms with E-state index in [-0.39, 0.29) is 11.3 Å². The maximum absolute atomic E-state index is 12.0. The molecule has 0 unspecified atom stereocenters. The van der Waals surface area contributed by atoms with Crippen molar-refractivity contribution in [2.75, 3.05) is 12.3 Å². The molecule has 0 heterocycles. The van der Waals surface area contributed by atoms with Gasteiger partial charge < -0.3 is 5.32 Å². The highest BCUT2D eigenvalue weighted by atomic mass is 32.2. The van der Waals surface area contributed by atoms with Gasteiger partial charge in [0.25, 0.3) is 0 Å². The predicted molar refractivity (Wildman–Crippen MR) is 74.1 cm³/mol. The highest BCUT2D eigenvalue weighted by Crippen LogP contribution is 2.28. The molecule has 106 valence electrons. The van der Waals surface area contributed by atoms with E-state index >= 15 is 0 Å². The van der Waals surface area contributed by atoms with Crippen molar-refractivity contribution in [2.45, 2.75) is 69.9 Å². The van der Waals surface area contributed by atoms with Crippen LogP contribution in [0.1, 0.15) is 58.3 Å². The van der Waals surface area contributed by atoms with Crippen molar-refractivity contribution in [1.29, 1.82) is 0 Å². The summed E-state index contributed by atoms with van der Waals surface area (Å²) < 4.78 is 27.0. The van der Waals surface area contributed by atoms with Gasteiger partial charge in [0, 0.05) is 11.6 Å². The Morgan fingerprint density at radius 3 is 2.44 bits per heavy atom. The zero-order chi connectivity index (χ0) is 13.1. The van der Waals surface area contributed by atoms with Crippen LogP contribution in [0.3, 0.4) is 0 Å². The Morgan fingerprint density at radius 1 is 1.17 bits per heavy atom. The molecule has 0 aromatic carbocycles. The lowest BCUT2D eigenvalue weighted by Gasteiger charge is -2.34. The second-order valence-electron chi connectivity index (χ2n) is 6.12. The molecule has 2 saturated carbocycles. The lowest BCUT2D eigenvalue weighted by Crippen LogP contribution is -2.48. The summed E-state index contributed by atoms with van der Waals surface area (Å²) in [6.07, 6.45) is 8.69. The predicted octanol–water partition coefficient (Wildman–Crippen LogP) is 1.77. The van der Waals surface area contributed by atoms with Crippen LogP contribution in [0.2, 0.25) is 0 Å². The number of hydrogen-bond donors (Lipinski definition) is 2. The van der Waals surface area contributed by atoms with E-state index in [1.165, 1.54) is 19.3 Å². The highest BCUT2D eigenvalue weighted by molar-refractivity contribution is 7.89. The Balaban J connectivity index is 1.71. The van der Waals surface area contributed by atoms with Gasteiger partial charge in [-0.2, -0.15) is 0 Å². The third kappa shape index (κ3) is 4.86. The van der Waals surface area contributed by atoms with Crippen molar-refractivity contribution in [3.8, 4) is 0 Å². The Morgan fingerprint density at radius 2 is 1.83 bits per heavy atom. The quantitative estimate of drug-likeness (QED) is 0.696. The summed E-state index contributed by atoms with van der Waals surface area (Å²) >= 11 is 0. The smallest absolute Gasteiger partial charge is 0.212 e. The fourth-order valence-electron chi connectivity index (χ4n) is 2.72. The van der Waals surface area contributed by atoms with E-state index in [0.29, 0.717) is 12.5 Å². The first-order valence-corrected chi connectivity index (χ1v) is 8.89. The third-order valence-electron chi connectivity index (χ3n) is 3.96. The second kappa shape index (κ2) is 5.88. The molecule has 2 fully saturated rings. The first-order valence-electron chi connectivity index (χ1n) is 7.24. The first-order chi connectivity index (χ1) is 8.49. The van der Waals surface area contributed by atoms with Crippen LogP contribution in [0.4, 0.5) is 0 Å².